The number of pyridine rings is 2. The van der Waals surface area contributed by atoms with Crippen molar-refractivity contribution in [3.05, 3.63) is 48.0 Å². The molecule has 2 aromatic rings. The highest BCUT2D eigenvalue weighted by molar-refractivity contribution is 5.92. The van der Waals surface area contributed by atoms with Crippen LogP contribution in [0.3, 0.4) is 0 Å². The summed E-state index contributed by atoms with van der Waals surface area (Å²) in [6.07, 6.45) is 3.18. The minimum atomic E-state index is -0.245. The number of carbonyl (C=O) groups excluding carboxylic acids is 2. The third kappa shape index (κ3) is 5.25. The smallest absolute Gasteiger partial charge is 0.269 e. The second-order valence-corrected chi connectivity index (χ2v) is 7.57. The quantitative estimate of drug-likeness (QED) is 0.755. The fourth-order valence-electron chi connectivity index (χ4n) is 3.70. The second-order valence-electron chi connectivity index (χ2n) is 7.57. The van der Waals surface area contributed by atoms with Gasteiger partial charge in [-0.05, 0) is 12.1 Å². The number of rotatable bonds is 5. The van der Waals surface area contributed by atoms with Gasteiger partial charge in [-0.25, -0.2) is 0 Å². The van der Waals surface area contributed by atoms with Crippen LogP contribution in [0.25, 0.3) is 11.1 Å². The fourth-order valence-corrected chi connectivity index (χ4v) is 3.70. The van der Waals surface area contributed by atoms with Crippen LogP contribution in [0.5, 0.6) is 0 Å². The van der Waals surface area contributed by atoms with Crippen molar-refractivity contribution < 1.29 is 19.1 Å². The molecule has 2 fully saturated rings. The molecular formula is C22H27N5O4. The van der Waals surface area contributed by atoms with Gasteiger partial charge < -0.3 is 19.7 Å². The maximum Gasteiger partial charge on any atom is 0.269 e. The average Bonchev–Trinajstić information content (AvgIpc) is 2.84. The van der Waals surface area contributed by atoms with Crippen molar-refractivity contribution in [2.45, 2.75) is 6.10 Å². The summed E-state index contributed by atoms with van der Waals surface area (Å²) in [4.78, 5) is 37.1. The van der Waals surface area contributed by atoms with Crippen molar-refractivity contribution in [2.24, 2.45) is 0 Å². The fraction of sp³-hybridized carbons (Fsp3) is 0.455. The van der Waals surface area contributed by atoms with Crippen LogP contribution in [0.15, 0.2) is 36.7 Å². The van der Waals surface area contributed by atoms with Gasteiger partial charge in [-0.15, -0.1) is 0 Å². The number of nitrogens with zero attached hydrogens (tertiary/aromatic N) is 4. The molecule has 31 heavy (non-hydrogen) atoms. The summed E-state index contributed by atoms with van der Waals surface area (Å²) in [6, 6.07) is 7.40. The highest BCUT2D eigenvalue weighted by atomic mass is 16.5. The van der Waals surface area contributed by atoms with Crippen molar-refractivity contribution in [3.8, 4) is 11.1 Å². The van der Waals surface area contributed by atoms with Gasteiger partial charge in [0.15, 0.2) is 0 Å². The van der Waals surface area contributed by atoms with Crippen LogP contribution < -0.4 is 5.32 Å². The first kappa shape index (κ1) is 21.4. The molecule has 2 aromatic heterocycles. The Kier molecular flexibility index (Phi) is 6.86. The Hall–Kier alpha value is -2.88. The maximum absolute atomic E-state index is 12.7. The average molecular weight is 425 g/mol. The molecule has 0 radical (unpaired) electrons. The van der Waals surface area contributed by atoms with Gasteiger partial charge in [0, 0.05) is 50.2 Å². The molecule has 2 aliphatic rings. The summed E-state index contributed by atoms with van der Waals surface area (Å²) in [5, 5.41) is 2.55. The van der Waals surface area contributed by atoms with E-state index >= 15 is 0 Å². The lowest BCUT2D eigenvalue weighted by atomic mass is 10.1. The lowest BCUT2D eigenvalue weighted by molar-refractivity contribution is -0.141. The van der Waals surface area contributed by atoms with Gasteiger partial charge in [-0.2, -0.15) is 0 Å². The molecule has 164 valence electrons. The zero-order chi connectivity index (χ0) is 21.6. The minimum absolute atomic E-state index is 0.120. The molecule has 0 saturated carbocycles. The zero-order valence-corrected chi connectivity index (χ0v) is 17.6. The van der Waals surface area contributed by atoms with Crippen molar-refractivity contribution >= 4 is 11.8 Å². The molecular weight excluding hydrogens is 398 g/mol. The van der Waals surface area contributed by atoms with Crippen molar-refractivity contribution in [3.63, 3.8) is 0 Å². The van der Waals surface area contributed by atoms with Crippen LogP contribution in [-0.2, 0) is 14.3 Å². The lowest BCUT2D eigenvalue weighted by Gasteiger charge is -2.35. The number of hydrogen-bond acceptors (Lipinski definition) is 7. The molecule has 0 spiro atoms. The number of ether oxygens (including phenoxy) is 2. The van der Waals surface area contributed by atoms with E-state index in [1.807, 2.05) is 23.1 Å². The van der Waals surface area contributed by atoms with Gasteiger partial charge in [-0.1, -0.05) is 12.1 Å². The number of hydrogen-bond donors (Lipinski definition) is 1. The SMILES string of the molecule is CNC(=O)c1ccc(-c2ccc(C3CN(C(=O)CN4CCOCC4)CCO3)nc2)cn1. The summed E-state index contributed by atoms with van der Waals surface area (Å²) < 4.78 is 11.2. The lowest BCUT2D eigenvalue weighted by Crippen LogP contribution is -2.48. The first-order valence-electron chi connectivity index (χ1n) is 10.5. The number of aromatic nitrogens is 2. The van der Waals surface area contributed by atoms with Gasteiger partial charge in [0.1, 0.15) is 11.8 Å². The Morgan fingerprint density at radius 2 is 1.77 bits per heavy atom. The van der Waals surface area contributed by atoms with Crippen LogP contribution in [0.2, 0.25) is 0 Å². The summed E-state index contributed by atoms with van der Waals surface area (Å²) in [6.45, 7) is 4.95. The molecule has 4 rings (SSSR count). The number of morpholine rings is 2. The van der Waals surface area contributed by atoms with E-state index in [-0.39, 0.29) is 17.9 Å². The zero-order valence-electron chi connectivity index (χ0n) is 17.6. The van der Waals surface area contributed by atoms with Crippen LogP contribution in [0, 0.1) is 0 Å². The summed E-state index contributed by atoms with van der Waals surface area (Å²) in [7, 11) is 1.57. The first-order valence-corrected chi connectivity index (χ1v) is 10.5. The van der Waals surface area contributed by atoms with E-state index in [1.54, 1.807) is 25.5 Å². The molecule has 1 unspecified atom stereocenters. The molecule has 2 aliphatic heterocycles. The third-order valence-electron chi connectivity index (χ3n) is 5.55. The van der Waals surface area contributed by atoms with Crippen molar-refractivity contribution in [1.29, 1.82) is 0 Å². The van der Waals surface area contributed by atoms with E-state index in [4.69, 9.17) is 9.47 Å². The summed E-state index contributed by atoms with van der Waals surface area (Å²) in [5.41, 5.74) is 2.94. The standard InChI is InChI=1S/C22H27N5O4/c1-23-22(29)19-5-3-17(13-25-19)16-2-4-18(24-12-16)20-14-27(8-11-31-20)21(28)15-26-6-9-30-10-7-26/h2-5,12-13,20H,6-11,14-15H2,1H3,(H,23,29). The molecule has 0 aliphatic carbocycles. The van der Waals surface area contributed by atoms with Gasteiger partial charge >= 0.3 is 0 Å². The maximum atomic E-state index is 12.7. The Morgan fingerprint density at radius 1 is 1.03 bits per heavy atom. The van der Waals surface area contributed by atoms with E-state index < -0.39 is 0 Å². The number of amides is 2. The topological polar surface area (TPSA) is 96.9 Å². The Balaban J connectivity index is 1.38. The molecule has 2 saturated heterocycles. The van der Waals surface area contributed by atoms with E-state index in [1.165, 1.54) is 0 Å². The van der Waals surface area contributed by atoms with Gasteiger partial charge in [0.05, 0.1) is 38.6 Å². The molecule has 0 aromatic carbocycles. The molecule has 4 heterocycles. The number of carbonyl (C=O) groups is 2. The monoisotopic (exact) mass is 425 g/mol. The first-order chi connectivity index (χ1) is 15.1. The Labute approximate surface area is 181 Å². The highest BCUT2D eigenvalue weighted by Gasteiger charge is 2.27. The molecule has 0 bridgehead atoms. The predicted molar refractivity (Wildman–Crippen MR) is 113 cm³/mol. The van der Waals surface area contributed by atoms with Crippen LogP contribution in [0.1, 0.15) is 22.3 Å². The van der Waals surface area contributed by atoms with E-state index in [9.17, 15) is 9.59 Å². The molecule has 9 heteroatoms. The molecule has 9 nitrogen and oxygen atoms in total. The van der Waals surface area contributed by atoms with Crippen molar-refractivity contribution in [2.75, 3.05) is 59.6 Å². The van der Waals surface area contributed by atoms with Gasteiger partial charge in [0.25, 0.3) is 5.91 Å². The van der Waals surface area contributed by atoms with Crippen LogP contribution in [-0.4, -0.2) is 91.2 Å². The van der Waals surface area contributed by atoms with E-state index in [2.05, 4.69) is 20.2 Å². The van der Waals surface area contributed by atoms with Crippen LogP contribution >= 0.6 is 0 Å². The normalized spacial score (nSPS) is 19.8. The van der Waals surface area contributed by atoms with Crippen LogP contribution in [0.4, 0.5) is 0 Å². The minimum Gasteiger partial charge on any atom is -0.379 e. The predicted octanol–water partition coefficient (Wildman–Crippen LogP) is 0.735. The van der Waals surface area contributed by atoms with Gasteiger partial charge in [-0.3, -0.25) is 24.5 Å². The highest BCUT2D eigenvalue weighted by Crippen LogP contribution is 2.24. The second kappa shape index (κ2) is 9.95. The van der Waals surface area contributed by atoms with E-state index in [0.717, 1.165) is 29.9 Å². The Bertz CT molecular complexity index is 897. The Morgan fingerprint density at radius 3 is 2.42 bits per heavy atom. The number of nitrogens with one attached hydrogen (secondary N) is 1. The molecule has 2 amide bonds. The molecule has 1 atom stereocenters. The summed E-state index contributed by atoms with van der Waals surface area (Å²) >= 11 is 0. The molecule has 1 N–H and O–H groups in total. The third-order valence-corrected chi connectivity index (χ3v) is 5.55. The van der Waals surface area contributed by atoms with E-state index in [0.29, 0.717) is 45.1 Å². The largest absolute Gasteiger partial charge is 0.379 e. The summed E-state index contributed by atoms with van der Waals surface area (Å²) in [5.74, 6) is -0.101. The van der Waals surface area contributed by atoms with Crippen molar-refractivity contribution in [1.82, 2.24) is 25.1 Å². The van der Waals surface area contributed by atoms with Gasteiger partial charge in [0.2, 0.25) is 5.91 Å².